The second kappa shape index (κ2) is 7.68. The zero-order valence-electron chi connectivity index (χ0n) is 11.9. The summed E-state index contributed by atoms with van der Waals surface area (Å²) in [5.74, 6) is 1.47. The highest BCUT2D eigenvalue weighted by molar-refractivity contribution is 6.36. The normalized spacial score (nSPS) is 9.78. The van der Waals surface area contributed by atoms with E-state index in [9.17, 15) is 9.59 Å². The maximum atomic E-state index is 12.4. The van der Waals surface area contributed by atoms with E-state index in [0.717, 1.165) is 0 Å². The summed E-state index contributed by atoms with van der Waals surface area (Å²) < 4.78 is 0. The molecule has 0 aliphatic heterocycles. The number of terminal acetylenes is 1. The first-order valence-electron chi connectivity index (χ1n) is 6.60. The summed E-state index contributed by atoms with van der Waals surface area (Å²) in [4.78, 5) is 24.4. The van der Waals surface area contributed by atoms with Crippen molar-refractivity contribution >= 4 is 40.7 Å². The minimum atomic E-state index is -0.463. The molecule has 2 aromatic rings. The van der Waals surface area contributed by atoms with E-state index in [-0.39, 0.29) is 23.0 Å². The Morgan fingerprint density at radius 3 is 2.52 bits per heavy atom. The Bertz CT molecular complexity index is 797. The molecule has 0 spiro atoms. The predicted octanol–water partition coefficient (Wildman–Crippen LogP) is 3.61. The molecular weight excluding hydrogens is 335 g/mol. The van der Waals surface area contributed by atoms with Gasteiger partial charge in [0.05, 0.1) is 28.4 Å². The number of anilines is 1. The van der Waals surface area contributed by atoms with Crippen molar-refractivity contribution in [3.63, 3.8) is 0 Å². The van der Waals surface area contributed by atoms with E-state index in [0.29, 0.717) is 16.3 Å². The van der Waals surface area contributed by atoms with E-state index in [1.54, 1.807) is 30.3 Å². The Balaban J connectivity index is 2.26. The van der Waals surface area contributed by atoms with E-state index < -0.39 is 5.91 Å². The zero-order chi connectivity index (χ0) is 16.8. The smallest absolute Gasteiger partial charge is 0.257 e. The maximum absolute atomic E-state index is 12.4. The van der Waals surface area contributed by atoms with Crippen LogP contribution in [0.15, 0.2) is 42.5 Å². The van der Waals surface area contributed by atoms with Crippen molar-refractivity contribution in [1.29, 1.82) is 0 Å². The molecule has 2 rings (SSSR count). The molecule has 0 aliphatic rings. The topological polar surface area (TPSA) is 58.2 Å². The van der Waals surface area contributed by atoms with Gasteiger partial charge in [0, 0.05) is 5.02 Å². The van der Waals surface area contributed by atoms with Gasteiger partial charge in [0.1, 0.15) is 0 Å². The number of rotatable bonds is 4. The predicted molar refractivity (Wildman–Crippen MR) is 92.0 cm³/mol. The van der Waals surface area contributed by atoms with Crippen molar-refractivity contribution < 1.29 is 9.59 Å². The summed E-state index contributed by atoms with van der Waals surface area (Å²) in [6, 6.07) is 11.2. The monoisotopic (exact) mass is 346 g/mol. The van der Waals surface area contributed by atoms with Crippen LogP contribution >= 0.6 is 23.2 Å². The number of hydrogen-bond acceptors (Lipinski definition) is 2. The van der Waals surface area contributed by atoms with Crippen LogP contribution in [0.4, 0.5) is 5.69 Å². The van der Waals surface area contributed by atoms with E-state index >= 15 is 0 Å². The van der Waals surface area contributed by atoms with E-state index in [1.807, 2.05) is 0 Å². The van der Waals surface area contributed by atoms with Gasteiger partial charge >= 0.3 is 0 Å². The Morgan fingerprint density at radius 1 is 1.04 bits per heavy atom. The Labute approximate surface area is 143 Å². The molecule has 0 saturated heterocycles. The highest BCUT2D eigenvalue weighted by atomic mass is 35.5. The Hall–Kier alpha value is -2.48. The fourth-order valence-corrected chi connectivity index (χ4v) is 2.25. The van der Waals surface area contributed by atoms with Crippen molar-refractivity contribution in [3.05, 3.63) is 63.6 Å². The van der Waals surface area contributed by atoms with Gasteiger partial charge in [0.15, 0.2) is 0 Å². The summed E-state index contributed by atoms with van der Waals surface area (Å²) in [7, 11) is 0. The molecule has 6 heteroatoms. The third-order valence-electron chi connectivity index (χ3n) is 2.94. The zero-order valence-corrected chi connectivity index (χ0v) is 13.4. The minimum Gasteiger partial charge on any atom is -0.341 e. The minimum absolute atomic E-state index is 0.0984. The average Bonchev–Trinajstić information content (AvgIpc) is 2.55. The number of amides is 2. The van der Waals surface area contributed by atoms with Crippen LogP contribution in [0.2, 0.25) is 10.0 Å². The highest BCUT2D eigenvalue weighted by Crippen LogP contribution is 2.23. The van der Waals surface area contributed by atoms with Crippen molar-refractivity contribution in [3.8, 4) is 12.3 Å². The molecule has 2 amide bonds. The van der Waals surface area contributed by atoms with Gasteiger partial charge in [-0.2, -0.15) is 0 Å². The van der Waals surface area contributed by atoms with E-state index in [2.05, 4.69) is 16.6 Å². The fourth-order valence-electron chi connectivity index (χ4n) is 1.88. The second-order valence-electron chi connectivity index (χ2n) is 4.51. The van der Waals surface area contributed by atoms with Crippen LogP contribution in [0.25, 0.3) is 0 Å². The first-order chi connectivity index (χ1) is 11.0. The van der Waals surface area contributed by atoms with Gasteiger partial charge in [-0.25, -0.2) is 0 Å². The summed E-state index contributed by atoms with van der Waals surface area (Å²) in [6.45, 7) is 0.0984. The van der Waals surface area contributed by atoms with Gasteiger partial charge in [0.25, 0.3) is 11.8 Å². The molecule has 4 nitrogen and oxygen atoms in total. The summed E-state index contributed by atoms with van der Waals surface area (Å²) in [5.41, 5.74) is 0.871. The van der Waals surface area contributed by atoms with Gasteiger partial charge in [-0.3, -0.25) is 9.59 Å². The molecule has 0 radical (unpaired) electrons. The lowest BCUT2D eigenvalue weighted by atomic mass is 10.1. The number of halogens is 2. The lowest BCUT2D eigenvalue weighted by Gasteiger charge is -2.11. The molecule has 0 saturated carbocycles. The summed E-state index contributed by atoms with van der Waals surface area (Å²) in [5, 5.41) is 5.86. The summed E-state index contributed by atoms with van der Waals surface area (Å²) in [6.07, 6.45) is 5.12. The van der Waals surface area contributed by atoms with Crippen LogP contribution in [-0.2, 0) is 0 Å². The molecule has 0 bridgehead atoms. The molecule has 2 N–H and O–H groups in total. The SMILES string of the molecule is C#CCNC(=O)c1ccccc1NC(=O)c1cc(Cl)ccc1Cl. The number of para-hydroxylation sites is 1. The highest BCUT2D eigenvalue weighted by Gasteiger charge is 2.15. The van der Waals surface area contributed by atoms with Crippen LogP contribution in [0.5, 0.6) is 0 Å². The van der Waals surface area contributed by atoms with Crippen molar-refractivity contribution in [1.82, 2.24) is 5.32 Å². The van der Waals surface area contributed by atoms with Crippen LogP contribution in [0.1, 0.15) is 20.7 Å². The molecule has 0 atom stereocenters. The van der Waals surface area contributed by atoms with Gasteiger partial charge in [0.2, 0.25) is 0 Å². The van der Waals surface area contributed by atoms with Gasteiger partial charge < -0.3 is 10.6 Å². The van der Waals surface area contributed by atoms with Crippen LogP contribution < -0.4 is 10.6 Å². The molecule has 2 aromatic carbocycles. The number of hydrogen-bond donors (Lipinski definition) is 2. The van der Waals surface area contributed by atoms with Crippen LogP contribution in [0, 0.1) is 12.3 Å². The average molecular weight is 347 g/mol. The van der Waals surface area contributed by atoms with Crippen LogP contribution in [0.3, 0.4) is 0 Å². The lowest BCUT2D eigenvalue weighted by Crippen LogP contribution is -2.25. The van der Waals surface area contributed by atoms with Crippen molar-refractivity contribution in [2.75, 3.05) is 11.9 Å². The number of benzene rings is 2. The fraction of sp³-hybridized carbons (Fsp3) is 0.0588. The maximum Gasteiger partial charge on any atom is 0.257 e. The molecule has 0 aliphatic carbocycles. The van der Waals surface area contributed by atoms with Gasteiger partial charge in [-0.1, -0.05) is 41.3 Å². The standard InChI is InChI=1S/C17H12Cl2N2O2/c1-2-9-20-16(22)12-5-3-4-6-15(12)21-17(23)13-10-11(18)7-8-14(13)19/h1,3-8,10H,9H2,(H,20,22)(H,21,23). The first-order valence-corrected chi connectivity index (χ1v) is 7.35. The Kier molecular flexibility index (Phi) is 5.64. The molecule has 0 aromatic heterocycles. The van der Waals surface area contributed by atoms with Crippen LogP contribution in [-0.4, -0.2) is 18.4 Å². The van der Waals surface area contributed by atoms with Crippen molar-refractivity contribution in [2.24, 2.45) is 0 Å². The quantitative estimate of drug-likeness (QED) is 0.830. The number of carbonyl (C=O) groups excluding carboxylic acids is 2. The number of nitrogens with one attached hydrogen (secondary N) is 2. The first kappa shape index (κ1) is 16.9. The Morgan fingerprint density at radius 2 is 1.78 bits per heavy atom. The molecular formula is C17H12Cl2N2O2. The molecule has 0 unspecified atom stereocenters. The van der Waals surface area contributed by atoms with E-state index in [1.165, 1.54) is 12.1 Å². The third-order valence-corrected chi connectivity index (χ3v) is 3.51. The third kappa shape index (κ3) is 4.26. The second-order valence-corrected chi connectivity index (χ2v) is 5.35. The largest absolute Gasteiger partial charge is 0.341 e. The summed E-state index contributed by atoms with van der Waals surface area (Å²) >= 11 is 11.9. The van der Waals surface area contributed by atoms with Gasteiger partial charge in [-0.15, -0.1) is 6.42 Å². The van der Waals surface area contributed by atoms with Crippen molar-refractivity contribution in [2.45, 2.75) is 0 Å². The van der Waals surface area contributed by atoms with E-state index in [4.69, 9.17) is 29.6 Å². The number of carbonyl (C=O) groups is 2. The van der Waals surface area contributed by atoms with Gasteiger partial charge in [-0.05, 0) is 30.3 Å². The molecule has 0 fully saturated rings. The molecule has 23 heavy (non-hydrogen) atoms. The lowest BCUT2D eigenvalue weighted by molar-refractivity contribution is 0.0959. The molecule has 0 heterocycles. The molecule has 116 valence electrons.